The van der Waals surface area contributed by atoms with Gasteiger partial charge in [0.2, 0.25) is 0 Å². The highest BCUT2D eigenvalue weighted by Gasteiger charge is 2.03. The standard InChI is InChI=1S/C20H34O4/c1-2-3-4-5-6-8-13-18(21)14-9-7-10-15-19(22)16-11-12-17-20(23)24/h11-12,15-18,21-22H,2-10,13-14H2,1H3,(H,23,24)/b16-11+,17-12+,19-15-/t18-/m0/s1. The molecule has 0 heterocycles. The molecule has 4 heteroatoms. The molecule has 0 unspecified atom stereocenters. The van der Waals surface area contributed by atoms with E-state index in [1.54, 1.807) is 6.08 Å². The summed E-state index contributed by atoms with van der Waals surface area (Å²) < 4.78 is 0. The number of hydrogen-bond acceptors (Lipinski definition) is 3. The molecule has 0 fully saturated rings. The van der Waals surface area contributed by atoms with Crippen molar-refractivity contribution in [1.82, 2.24) is 0 Å². The molecule has 1 atom stereocenters. The first-order valence-electron chi connectivity index (χ1n) is 9.21. The Bertz CT molecular complexity index is 396. The highest BCUT2D eigenvalue weighted by atomic mass is 16.4. The SMILES string of the molecule is CCCCCCCC[C@H](O)CCCC/C=C(O)/C=C/C=C/C(=O)O. The van der Waals surface area contributed by atoms with Crippen LogP contribution >= 0.6 is 0 Å². The lowest BCUT2D eigenvalue weighted by molar-refractivity contribution is -0.131. The van der Waals surface area contributed by atoms with Crippen LogP contribution in [0.5, 0.6) is 0 Å². The maximum Gasteiger partial charge on any atom is 0.328 e. The Labute approximate surface area is 146 Å². The van der Waals surface area contributed by atoms with E-state index >= 15 is 0 Å². The predicted octanol–water partition coefficient (Wildman–Crippen LogP) is 5.30. The summed E-state index contributed by atoms with van der Waals surface area (Å²) in [5.74, 6) is -0.875. The molecule has 3 N–H and O–H groups in total. The van der Waals surface area contributed by atoms with E-state index in [-0.39, 0.29) is 11.9 Å². The number of allylic oxidation sites excluding steroid dienone is 4. The molecule has 0 amide bonds. The van der Waals surface area contributed by atoms with Crippen LogP contribution in [0, 0.1) is 0 Å². The number of unbranched alkanes of at least 4 members (excludes halogenated alkanes) is 7. The van der Waals surface area contributed by atoms with E-state index in [1.807, 2.05) is 0 Å². The molecule has 0 spiro atoms. The summed E-state index contributed by atoms with van der Waals surface area (Å²) in [7, 11) is 0. The Morgan fingerprint density at radius 2 is 1.46 bits per heavy atom. The number of aliphatic carboxylic acids is 1. The number of carboxylic acid groups (broad SMARTS) is 1. The molecule has 0 bridgehead atoms. The fraction of sp³-hybridized carbons (Fsp3) is 0.650. The van der Waals surface area contributed by atoms with E-state index in [0.29, 0.717) is 0 Å². The third-order valence-corrected chi connectivity index (χ3v) is 3.85. The van der Waals surface area contributed by atoms with E-state index in [0.717, 1.165) is 44.6 Å². The van der Waals surface area contributed by atoms with Gasteiger partial charge in [-0.3, -0.25) is 0 Å². The van der Waals surface area contributed by atoms with Crippen LogP contribution < -0.4 is 0 Å². The van der Waals surface area contributed by atoms with E-state index in [2.05, 4.69) is 6.92 Å². The van der Waals surface area contributed by atoms with Crippen molar-refractivity contribution < 1.29 is 20.1 Å². The maximum atomic E-state index is 10.2. The Hall–Kier alpha value is -1.55. The zero-order chi connectivity index (χ0) is 18.0. The molecule has 0 saturated heterocycles. The van der Waals surface area contributed by atoms with Crippen LogP contribution in [0.3, 0.4) is 0 Å². The van der Waals surface area contributed by atoms with Crippen molar-refractivity contribution in [3.8, 4) is 0 Å². The number of aliphatic hydroxyl groups is 2. The Kier molecular flexibility index (Phi) is 15.3. The summed E-state index contributed by atoms with van der Waals surface area (Å²) in [6.07, 6.45) is 18.7. The fourth-order valence-corrected chi connectivity index (χ4v) is 2.44. The van der Waals surface area contributed by atoms with E-state index < -0.39 is 5.97 Å². The van der Waals surface area contributed by atoms with Crippen molar-refractivity contribution in [3.05, 3.63) is 36.1 Å². The minimum absolute atomic E-state index is 0.137. The van der Waals surface area contributed by atoms with Gasteiger partial charge in [-0.2, -0.15) is 0 Å². The van der Waals surface area contributed by atoms with Gasteiger partial charge in [-0.1, -0.05) is 64.0 Å². The molecule has 0 aliphatic heterocycles. The lowest BCUT2D eigenvalue weighted by Gasteiger charge is -2.09. The number of carbonyl (C=O) groups is 1. The molecule has 4 nitrogen and oxygen atoms in total. The van der Waals surface area contributed by atoms with E-state index in [4.69, 9.17) is 5.11 Å². The first-order chi connectivity index (χ1) is 11.6. The van der Waals surface area contributed by atoms with Crippen molar-refractivity contribution >= 4 is 5.97 Å². The number of hydrogen-bond donors (Lipinski definition) is 3. The van der Waals surface area contributed by atoms with E-state index in [1.165, 1.54) is 50.3 Å². The lowest BCUT2D eigenvalue weighted by Crippen LogP contribution is -2.05. The highest BCUT2D eigenvalue weighted by Crippen LogP contribution is 2.13. The monoisotopic (exact) mass is 338 g/mol. The smallest absolute Gasteiger partial charge is 0.328 e. The zero-order valence-electron chi connectivity index (χ0n) is 15.0. The maximum absolute atomic E-state index is 10.2. The van der Waals surface area contributed by atoms with Crippen LogP contribution in [-0.4, -0.2) is 27.4 Å². The number of aliphatic hydroxyl groups excluding tert-OH is 2. The van der Waals surface area contributed by atoms with Crippen molar-refractivity contribution in [2.45, 2.75) is 83.7 Å². The summed E-state index contributed by atoms with van der Waals surface area (Å²) in [5, 5.41) is 27.9. The molecule has 24 heavy (non-hydrogen) atoms. The second-order valence-corrected chi connectivity index (χ2v) is 6.18. The Balaban J connectivity index is 3.59. The highest BCUT2D eigenvalue weighted by molar-refractivity contribution is 5.80. The van der Waals surface area contributed by atoms with Crippen LogP contribution in [0.25, 0.3) is 0 Å². The largest absolute Gasteiger partial charge is 0.508 e. The van der Waals surface area contributed by atoms with Crippen molar-refractivity contribution in [2.24, 2.45) is 0 Å². The third kappa shape index (κ3) is 16.8. The molecule has 0 rings (SSSR count). The summed E-state index contributed by atoms with van der Waals surface area (Å²) in [6, 6.07) is 0. The van der Waals surface area contributed by atoms with Gasteiger partial charge in [0, 0.05) is 6.08 Å². The topological polar surface area (TPSA) is 77.8 Å². The zero-order valence-corrected chi connectivity index (χ0v) is 15.0. The van der Waals surface area contributed by atoms with E-state index in [9.17, 15) is 15.0 Å². The summed E-state index contributed by atoms with van der Waals surface area (Å²) in [4.78, 5) is 10.2. The second-order valence-electron chi connectivity index (χ2n) is 6.18. The minimum atomic E-state index is -1.01. The minimum Gasteiger partial charge on any atom is -0.508 e. The third-order valence-electron chi connectivity index (χ3n) is 3.85. The van der Waals surface area contributed by atoms with Gasteiger partial charge in [0.25, 0.3) is 0 Å². The average molecular weight is 338 g/mol. The normalized spacial score (nSPS) is 13.8. The lowest BCUT2D eigenvalue weighted by atomic mass is 10.0. The van der Waals surface area contributed by atoms with Crippen LogP contribution in [0.1, 0.15) is 77.6 Å². The molecule has 0 aromatic heterocycles. The quantitative estimate of drug-likeness (QED) is 0.164. The first kappa shape index (κ1) is 22.4. The Morgan fingerprint density at radius 3 is 2.12 bits per heavy atom. The van der Waals surface area contributed by atoms with Crippen LogP contribution in [0.4, 0.5) is 0 Å². The number of rotatable bonds is 15. The first-order valence-corrected chi connectivity index (χ1v) is 9.21. The van der Waals surface area contributed by atoms with Gasteiger partial charge in [-0.15, -0.1) is 0 Å². The van der Waals surface area contributed by atoms with Crippen LogP contribution in [0.15, 0.2) is 36.1 Å². The molecule has 0 saturated carbocycles. The van der Waals surface area contributed by atoms with Gasteiger partial charge in [0.15, 0.2) is 0 Å². The van der Waals surface area contributed by atoms with Gasteiger partial charge >= 0.3 is 5.97 Å². The van der Waals surface area contributed by atoms with Crippen LogP contribution in [0.2, 0.25) is 0 Å². The predicted molar refractivity (Wildman–Crippen MR) is 99.1 cm³/mol. The van der Waals surface area contributed by atoms with Crippen molar-refractivity contribution in [1.29, 1.82) is 0 Å². The number of carboxylic acids is 1. The second kappa shape index (κ2) is 16.3. The van der Waals surface area contributed by atoms with Gasteiger partial charge in [-0.05, 0) is 37.8 Å². The molecule has 0 aromatic rings. The molecule has 0 aromatic carbocycles. The molecule has 138 valence electrons. The Morgan fingerprint density at radius 1 is 0.875 bits per heavy atom. The van der Waals surface area contributed by atoms with Gasteiger partial charge < -0.3 is 15.3 Å². The molecular formula is C20H34O4. The van der Waals surface area contributed by atoms with Crippen molar-refractivity contribution in [3.63, 3.8) is 0 Å². The van der Waals surface area contributed by atoms with Gasteiger partial charge in [0.1, 0.15) is 5.76 Å². The molecular weight excluding hydrogens is 304 g/mol. The van der Waals surface area contributed by atoms with Gasteiger partial charge in [0.05, 0.1) is 6.10 Å². The van der Waals surface area contributed by atoms with Crippen LogP contribution in [-0.2, 0) is 4.79 Å². The van der Waals surface area contributed by atoms with Crippen molar-refractivity contribution in [2.75, 3.05) is 0 Å². The average Bonchev–Trinajstić information content (AvgIpc) is 2.54. The molecule has 0 radical (unpaired) electrons. The van der Waals surface area contributed by atoms with Gasteiger partial charge in [-0.25, -0.2) is 4.79 Å². The summed E-state index contributed by atoms with van der Waals surface area (Å²) >= 11 is 0. The summed E-state index contributed by atoms with van der Waals surface area (Å²) in [5.41, 5.74) is 0. The fourth-order valence-electron chi connectivity index (χ4n) is 2.44. The summed E-state index contributed by atoms with van der Waals surface area (Å²) in [6.45, 7) is 2.21. The molecule has 0 aliphatic carbocycles. The molecule has 0 aliphatic rings.